The minimum absolute atomic E-state index is 0.0148. The van der Waals surface area contributed by atoms with Gasteiger partial charge in [0, 0.05) is 38.9 Å². The average Bonchev–Trinajstić information content (AvgIpc) is 3.58. The lowest BCUT2D eigenvalue weighted by atomic mass is 9.88. The fourth-order valence-corrected chi connectivity index (χ4v) is 7.05. The number of ketones is 1. The van der Waals surface area contributed by atoms with Gasteiger partial charge >= 0.3 is 5.97 Å². The maximum absolute atomic E-state index is 14.4. The Morgan fingerprint density at radius 1 is 0.964 bits per heavy atom. The highest BCUT2D eigenvalue weighted by Crippen LogP contribution is 2.33. The number of Topliss-reactive ketones (excluding diaryl/α,β-unsaturated/α-hetero) is 1. The molecule has 0 aromatic heterocycles. The normalized spacial score (nSPS) is 17.0. The summed E-state index contributed by atoms with van der Waals surface area (Å²) in [5, 5.41) is 2.90. The van der Waals surface area contributed by atoms with Crippen LogP contribution in [0.5, 0.6) is 5.75 Å². The van der Waals surface area contributed by atoms with Gasteiger partial charge < -0.3 is 35.1 Å². The quantitative estimate of drug-likeness (QED) is 0.0899. The number of aryl methyl sites for hydroxylation is 1. The van der Waals surface area contributed by atoms with Crippen LogP contribution in [0.3, 0.4) is 0 Å². The molecule has 0 aliphatic carbocycles. The smallest absolute Gasteiger partial charge is 0.306 e. The van der Waals surface area contributed by atoms with Crippen LogP contribution in [-0.4, -0.2) is 95.9 Å². The predicted molar refractivity (Wildman–Crippen MR) is 217 cm³/mol. The number of nitrogens with one attached hydrogen (secondary N) is 1. The van der Waals surface area contributed by atoms with Gasteiger partial charge in [0.15, 0.2) is 5.78 Å². The van der Waals surface area contributed by atoms with Crippen molar-refractivity contribution in [2.24, 2.45) is 5.73 Å². The first kappa shape index (κ1) is 45.8. The lowest BCUT2D eigenvalue weighted by Gasteiger charge is -2.37. The molecule has 308 valence electrons. The molecule has 2 aromatic rings. The molecule has 0 saturated carbocycles. The number of carbonyl (C=O) groups excluding carboxylic acids is 5. The Morgan fingerprint density at radius 2 is 1.61 bits per heavy atom. The van der Waals surface area contributed by atoms with Crippen LogP contribution >= 0.6 is 0 Å². The van der Waals surface area contributed by atoms with E-state index >= 15 is 0 Å². The van der Waals surface area contributed by atoms with Crippen LogP contribution < -0.4 is 15.8 Å². The summed E-state index contributed by atoms with van der Waals surface area (Å²) in [6, 6.07) is 13.4. The van der Waals surface area contributed by atoms with Crippen molar-refractivity contribution in [2.45, 2.75) is 135 Å². The molecule has 1 heterocycles. The number of benzene rings is 2. The van der Waals surface area contributed by atoms with Gasteiger partial charge in [-0.3, -0.25) is 24.0 Å². The van der Waals surface area contributed by atoms with Crippen LogP contribution in [0.2, 0.25) is 0 Å². The van der Waals surface area contributed by atoms with Crippen molar-refractivity contribution in [3.8, 4) is 5.75 Å². The Labute approximate surface area is 333 Å². The maximum atomic E-state index is 14.4. The first-order chi connectivity index (χ1) is 26.5. The van der Waals surface area contributed by atoms with E-state index in [1.54, 1.807) is 36.0 Å². The molecular weight excluding hydrogens is 713 g/mol. The van der Waals surface area contributed by atoms with E-state index in [-0.39, 0.29) is 43.3 Å². The van der Waals surface area contributed by atoms with Crippen LogP contribution in [0.15, 0.2) is 61.2 Å². The van der Waals surface area contributed by atoms with Gasteiger partial charge in [0.1, 0.15) is 17.8 Å². The molecule has 0 radical (unpaired) electrons. The van der Waals surface area contributed by atoms with Gasteiger partial charge in [0.05, 0.1) is 37.9 Å². The summed E-state index contributed by atoms with van der Waals surface area (Å²) < 4.78 is 15.9. The first-order valence-electron chi connectivity index (χ1n) is 19.8. The molecular formula is C44H64N4O8. The number of esters is 1. The number of carbonyl (C=O) groups is 5. The lowest BCUT2D eigenvalue weighted by molar-refractivity contribution is -0.146. The molecule has 1 aliphatic rings. The van der Waals surface area contributed by atoms with Crippen molar-refractivity contribution >= 4 is 29.5 Å². The monoisotopic (exact) mass is 776 g/mol. The van der Waals surface area contributed by atoms with Crippen LogP contribution in [-0.2, 0) is 52.8 Å². The highest BCUT2D eigenvalue weighted by molar-refractivity contribution is 5.96. The number of likely N-dealkylation sites (tertiary alicyclic amines) is 1. The third kappa shape index (κ3) is 13.9. The summed E-state index contributed by atoms with van der Waals surface area (Å²) in [4.78, 5) is 69.7. The molecule has 0 unspecified atom stereocenters. The van der Waals surface area contributed by atoms with Gasteiger partial charge in [0.2, 0.25) is 17.7 Å². The standard InChI is InChI=1S/C44H64N4O8/c1-9-10-11-27-47(38(50)24-25-39(51)55-8)30-34-18-16-32(17-19-34)14-12-15-37(49)44(6)26-13-28-48(44)42(53)36(29-33-20-22-35(54-7)23-21-33)46-41(52)40(45)31(2)56-43(3,4)5/h9,16-23,31,36,40H,1,10-15,24-30,45H2,2-8H3,(H,46,52)/t31-,36+,40+,44+/m1/s1. The molecule has 1 saturated heterocycles. The fourth-order valence-electron chi connectivity index (χ4n) is 7.05. The van der Waals surface area contributed by atoms with E-state index in [4.69, 9.17) is 19.9 Å². The third-order valence-corrected chi connectivity index (χ3v) is 10.3. The lowest BCUT2D eigenvalue weighted by Crippen LogP contribution is -2.60. The summed E-state index contributed by atoms with van der Waals surface area (Å²) in [5.41, 5.74) is 7.65. The SMILES string of the molecule is C=CCCCN(Cc1ccc(CCCC(=O)[C@]2(C)CCCN2C(=O)[C@H](Cc2ccc(OC)cc2)NC(=O)[C@@H](N)[C@@H](C)OC(C)(C)C)cc1)C(=O)CCC(=O)OC. The van der Waals surface area contributed by atoms with E-state index < -0.39 is 41.2 Å². The molecule has 1 aliphatic heterocycles. The van der Waals surface area contributed by atoms with E-state index in [2.05, 4.69) is 11.9 Å². The van der Waals surface area contributed by atoms with Gasteiger partial charge in [-0.25, -0.2) is 0 Å². The van der Waals surface area contributed by atoms with Crippen molar-refractivity contribution in [1.82, 2.24) is 15.1 Å². The Kier molecular flexibility index (Phi) is 17.7. The van der Waals surface area contributed by atoms with Gasteiger partial charge in [-0.1, -0.05) is 42.5 Å². The summed E-state index contributed by atoms with van der Waals surface area (Å²) in [5.74, 6) is -0.683. The zero-order valence-corrected chi connectivity index (χ0v) is 34.6. The third-order valence-electron chi connectivity index (χ3n) is 10.3. The van der Waals surface area contributed by atoms with Crippen molar-refractivity contribution < 1.29 is 38.2 Å². The number of amides is 3. The van der Waals surface area contributed by atoms with Crippen molar-refractivity contribution in [3.05, 3.63) is 77.9 Å². The number of ether oxygens (including phenoxy) is 3. The van der Waals surface area contributed by atoms with E-state index in [0.29, 0.717) is 51.1 Å². The fraction of sp³-hybridized carbons (Fsp3) is 0.568. The van der Waals surface area contributed by atoms with Crippen molar-refractivity contribution in [2.75, 3.05) is 27.3 Å². The second-order valence-corrected chi connectivity index (χ2v) is 15.9. The van der Waals surface area contributed by atoms with Crippen LogP contribution in [0.1, 0.15) is 103 Å². The number of nitrogens with zero attached hydrogens (tertiary/aromatic N) is 2. The van der Waals surface area contributed by atoms with Gasteiger partial charge in [-0.05, 0) is 102 Å². The molecule has 1 fully saturated rings. The van der Waals surface area contributed by atoms with E-state index in [9.17, 15) is 24.0 Å². The number of allylic oxidation sites excluding steroid dienone is 1. The summed E-state index contributed by atoms with van der Waals surface area (Å²) in [7, 11) is 2.89. The highest BCUT2D eigenvalue weighted by Gasteiger charge is 2.47. The number of nitrogens with two attached hydrogens (primary N) is 1. The van der Waals surface area contributed by atoms with Crippen molar-refractivity contribution in [3.63, 3.8) is 0 Å². The second kappa shape index (κ2) is 21.7. The molecule has 3 rings (SSSR count). The van der Waals surface area contributed by atoms with Crippen LogP contribution in [0, 0.1) is 0 Å². The Bertz CT molecular complexity index is 1620. The zero-order valence-electron chi connectivity index (χ0n) is 34.6. The molecule has 0 bridgehead atoms. The molecule has 4 atom stereocenters. The largest absolute Gasteiger partial charge is 0.497 e. The number of methoxy groups -OCH3 is 2. The molecule has 56 heavy (non-hydrogen) atoms. The minimum atomic E-state index is -1.01. The van der Waals surface area contributed by atoms with Crippen LogP contribution in [0.25, 0.3) is 0 Å². The maximum Gasteiger partial charge on any atom is 0.306 e. The highest BCUT2D eigenvalue weighted by atomic mass is 16.5. The summed E-state index contributed by atoms with van der Waals surface area (Å²) in [6.07, 6.45) is 5.88. The molecule has 3 amide bonds. The second-order valence-electron chi connectivity index (χ2n) is 15.9. The number of unbranched alkanes of at least 4 members (excludes halogenated alkanes) is 1. The van der Waals surface area contributed by atoms with Crippen molar-refractivity contribution in [1.29, 1.82) is 0 Å². The average molecular weight is 777 g/mol. The number of hydrogen-bond acceptors (Lipinski definition) is 9. The Hall–Kier alpha value is -4.55. The molecule has 0 spiro atoms. The molecule has 12 nitrogen and oxygen atoms in total. The predicted octanol–water partition coefficient (Wildman–Crippen LogP) is 5.47. The van der Waals surface area contributed by atoms with E-state index in [0.717, 1.165) is 29.5 Å². The minimum Gasteiger partial charge on any atom is -0.497 e. The molecule has 12 heteroatoms. The molecule has 2 aromatic carbocycles. The van der Waals surface area contributed by atoms with Gasteiger partial charge in [0.25, 0.3) is 0 Å². The Balaban J connectivity index is 1.67. The molecule has 3 N–H and O–H groups in total. The van der Waals surface area contributed by atoms with Crippen LogP contribution in [0.4, 0.5) is 0 Å². The first-order valence-corrected chi connectivity index (χ1v) is 19.8. The number of hydrogen-bond donors (Lipinski definition) is 2. The van der Waals surface area contributed by atoms with E-state index in [1.807, 2.05) is 70.2 Å². The zero-order chi connectivity index (χ0) is 41.5. The summed E-state index contributed by atoms with van der Waals surface area (Å²) in [6.45, 7) is 14.4. The van der Waals surface area contributed by atoms with Gasteiger partial charge in [-0.15, -0.1) is 6.58 Å². The van der Waals surface area contributed by atoms with Gasteiger partial charge in [-0.2, -0.15) is 0 Å². The summed E-state index contributed by atoms with van der Waals surface area (Å²) >= 11 is 0. The topological polar surface area (TPSA) is 158 Å². The van der Waals surface area contributed by atoms with E-state index in [1.165, 1.54) is 7.11 Å². The Morgan fingerprint density at radius 3 is 2.21 bits per heavy atom. The number of rotatable bonds is 22.